The molecule has 0 saturated heterocycles. The number of rotatable bonds is 15. The lowest BCUT2D eigenvalue weighted by Crippen LogP contribution is -2.54. The third kappa shape index (κ3) is 12.3. The summed E-state index contributed by atoms with van der Waals surface area (Å²) in [6.45, 7) is 13.5. The number of ether oxygens (including phenoxy) is 2. The average Bonchev–Trinajstić information content (AvgIpc) is 2.84. The number of hydrogen-bond donors (Lipinski definition) is 3. The van der Waals surface area contributed by atoms with Gasteiger partial charge in [0.05, 0.1) is 13.0 Å². The Hall–Kier alpha value is -2.75. The summed E-state index contributed by atoms with van der Waals surface area (Å²) in [7, 11) is 0. The van der Waals surface area contributed by atoms with Crippen LogP contribution in [0, 0.1) is 13.8 Å². The Morgan fingerprint density at radius 1 is 1.05 bits per heavy atom. The molecule has 0 radical (unpaired) electrons. The molecular formula is C29H47N3O6S. The van der Waals surface area contributed by atoms with Crippen LogP contribution in [-0.4, -0.2) is 65.9 Å². The summed E-state index contributed by atoms with van der Waals surface area (Å²) in [5.74, 6) is -1.23. The number of aryl methyl sites for hydroxylation is 2. The third-order valence-corrected chi connectivity index (χ3v) is 6.30. The van der Waals surface area contributed by atoms with Crippen molar-refractivity contribution in [3.63, 3.8) is 0 Å². The molecule has 10 heteroatoms. The molecule has 2 unspecified atom stereocenters. The molecule has 9 nitrogen and oxygen atoms in total. The summed E-state index contributed by atoms with van der Waals surface area (Å²) < 4.78 is 10.3. The molecule has 0 saturated carbocycles. The van der Waals surface area contributed by atoms with E-state index in [1.807, 2.05) is 32.0 Å². The second-order valence-corrected chi connectivity index (χ2v) is 10.9. The summed E-state index contributed by atoms with van der Waals surface area (Å²) in [6, 6.07) is 3.79. The number of alkyl carbamates (subject to hydrolysis) is 1. The first-order chi connectivity index (χ1) is 18.3. The largest absolute Gasteiger partial charge is 0.466 e. The van der Waals surface area contributed by atoms with Gasteiger partial charge < -0.3 is 25.0 Å². The van der Waals surface area contributed by atoms with Crippen LogP contribution in [0.4, 0.5) is 4.79 Å². The van der Waals surface area contributed by atoms with Crippen LogP contribution in [0.2, 0.25) is 0 Å². The molecule has 1 aromatic carbocycles. The molecular weight excluding hydrogens is 518 g/mol. The first kappa shape index (κ1) is 34.3. The Bertz CT molecular complexity index is 963. The number of benzene rings is 1. The van der Waals surface area contributed by atoms with E-state index in [4.69, 9.17) is 9.47 Å². The molecule has 220 valence electrons. The van der Waals surface area contributed by atoms with E-state index in [9.17, 15) is 19.2 Å². The van der Waals surface area contributed by atoms with Crippen LogP contribution in [0.15, 0.2) is 18.2 Å². The van der Waals surface area contributed by atoms with Gasteiger partial charge in [0, 0.05) is 18.8 Å². The summed E-state index contributed by atoms with van der Waals surface area (Å²) in [5, 5.41) is 5.44. The van der Waals surface area contributed by atoms with Crippen molar-refractivity contribution in [3.8, 4) is 0 Å². The highest BCUT2D eigenvalue weighted by atomic mass is 32.1. The second kappa shape index (κ2) is 17.0. The first-order valence-electron chi connectivity index (χ1n) is 13.8. The molecule has 0 aliphatic heterocycles. The van der Waals surface area contributed by atoms with E-state index in [0.29, 0.717) is 18.5 Å². The fourth-order valence-corrected chi connectivity index (χ4v) is 4.28. The van der Waals surface area contributed by atoms with Crippen molar-refractivity contribution in [2.75, 3.05) is 25.4 Å². The van der Waals surface area contributed by atoms with Crippen molar-refractivity contribution in [1.29, 1.82) is 0 Å². The Labute approximate surface area is 239 Å². The molecule has 1 rings (SSSR count). The summed E-state index contributed by atoms with van der Waals surface area (Å²) in [5.41, 5.74) is 1.73. The van der Waals surface area contributed by atoms with Gasteiger partial charge in [0.25, 0.3) is 0 Å². The van der Waals surface area contributed by atoms with Gasteiger partial charge in [-0.3, -0.25) is 14.4 Å². The van der Waals surface area contributed by atoms with Gasteiger partial charge in [-0.15, -0.1) is 0 Å². The van der Waals surface area contributed by atoms with Gasteiger partial charge in [-0.1, -0.05) is 49.9 Å². The molecule has 2 atom stereocenters. The molecule has 2 N–H and O–H groups in total. The van der Waals surface area contributed by atoms with Gasteiger partial charge in [-0.25, -0.2) is 4.79 Å². The van der Waals surface area contributed by atoms with E-state index >= 15 is 0 Å². The normalized spacial score (nSPS) is 12.7. The topological polar surface area (TPSA) is 114 Å². The maximum Gasteiger partial charge on any atom is 0.408 e. The van der Waals surface area contributed by atoms with Crippen LogP contribution in [0.5, 0.6) is 0 Å². The van der Waals surface area contributed by atoms with E-state index < -0.39 is 41.6 Å². The predicted molar refractivity (Wildman–Crippen MR) is 156 cm³/mol. The summed E-state index contributed by atoms with van der Waals surface area (Å²) in [6.07, 6.45) is 2.86. The number of carbonyl (C=O) groups is 4. The molecule has 0 heterocycles. The van der Waals surface area contributed by atoms with Gasteiger partial charge >= 0.3 is 12.1 Å². The fourth-order valence-electron chi connectivity index (χ4n) is 4.03. The zero-order valence-electron chi connectivity index (χ0n) is 24.6. The molecule has 0 bridgehead atoms. The number of esters is 1. The highest BCUT2D eigenvalue weighted by molar-refractivity contribution is 7.80. The standard InChI is InChI=1S/C29H47N3O6S/c1-8-10-11-12-17-32(27(35)23(19-39)31-28(36)38-29(5,6)7)25(22-18-20(3)13-14-21(22)4)26(34)30-16-15-24(33)37-9-2/h13-14,18,23,25,39H,8-12,15-17,19H2,1-7H3,(H,30,34)(H,31,36). The van der Waals surface area contributed by atoms with Gasteiger partial charge in [0.2, 0.25) is 11.8 Å². The lowest BCUT2D eigenvalue weighted by atomic mass is 9.96. The Balaban J connectivity index is 3.41. The molecule has 0 aliphatic rings. The second-order valence-electron chi connectivity index (χ2n) is 10.6. The molecule has 39 heavy (non-hydrogen) atoms. The van der Waals surface area contributed by atoms with Crippen LogP contribution in [-0.2, 0) is 23.9 Å². The van der Waals surface area contributed by atoms with Crippen LogP contribution < -0.4 is 10.6 Å². The smallest absolute Gasteiger partial charge is 0.408 e. The average molecular weight is 566 g/mol. The quantitative estimate of drug-likeness (QED) is 0.162. The minimum atomic E-state index is -1.01. The Morgan fingerprint density at radius 3 is 2.33 bits per heavy atom. The molecule has 0 fully saturated rings. The van der Waals surface area contributed by atoms with Gasteiger partial charge in [-0.2, -0.15) is 12.6 Å². The SMILES string of the molecule is CCCCCCN(C(=O)C(CS)NC(=O)OC(C)(C)C)C(C(=O)NCCC(=O)OCC)c1cc(C)ccc1C. The van der Waals surface area contributed by atoms with Crippen molar-refractivity contribution in [3.05, 3.63) is 34.9 Å². The van der Waals surface area contributed by atoms with Crippen LogP contribution >= 0.6 is 12.6 Å². The van der Waals surface area contributed by atoms with Crippen LogP contribution in [0.1, 0.15) is 89.5 Å². The fraction of sp³-hybridized carbons (Fsp3) is 0.655. The van der Waals surface area contributed by atoms with Crippen molar-refractivity contribution in [2.45, 2.75) is 98.3 Å². The van der Waals surface area contributed by atoms with E-state index in [1.165, 1.54) is 4.90 Å². The number of thiol groups is 1. The number of carbonyl (C=O) groups excluding carboxylic acids is 4. The van der Waals surface area contributed by atoms with Crippen molar-refractivity contribution in [1.82, 2.24) is 15.5 Å². The zero-order chi connectivity index (χ0) is 29.6. The van der Waals surface area contributed by atoms with Gasteiger partial charge in [0.15, 0.2) is 0 Å². The monoisotopic (exact) mass is 565 g/mol. The Morgan fingerprint density at radius 2 is 1.74 bits per heavy atom. The first-order valence-corrected chi connectivity index (χ1v) is 14.4. The van der Waals surface area contributed by atoms with Gasteiger partial charge in [-0.05, 0) is 59.1 Å². The maximum atomic E-state index is 14.0. The van der Waals surface area contributed by atoms with Crippen LogP contribution in [0.3, 0.4) is 0 Å². The third-order valence-electron chi connectivity index (χ3n) is 5.93. The number of amides is 3. The maximum absolute atomic E-state index is 14.0. The summed E-state index contributed by atoms with van der Waals surface area (Å²) in [4.78, 5) is 53.6. The number of nitrogens with zero attached hydrogens (tertiary/aromatic N) is 1. The molecule has 0 aromatic heterocycles. The lowest BCUT2D eigenvalue weighted by Gasteiger charge is -2.35. The number of hydrogen-bond acceptors (Lipinski definition) is 7. The summed E-state index contributed by atoms with van der Waals surface area (Å²) >= 11 is 4.33. The van der Waals surface area contributed by atoms with Crippen molar-refractivity contribution < 1.29 is 28.7 Å². The van der Waals surface area contributed by atoms with E-state index in [2.05, 4.69) is 30.2 Å². The highest BCUT2D eigenvalue weighted by Crippen LogP contribution is 2.27. The molecule has 3 amide bonds. The molecule has 0 spiro atoms. The predicted octanol–water partition coefficient (Wildman–Crippen LogP) is 4.65. The zero-order valence-corrected chi connectivity index (χ0v) is 25.5. The molecule has 0 aliphatic carbocycles. The van der Waals surface area contributed by atoms with Gasteiger partial charge in [0.1, 0.15) is 17.7 Å². The lowest BCUT2D eigenvalue weighted by molar-refractivity contribution is -0.144. The Kier molecular flexibility index (Phi) is 15.0. The minimum Gasteiger partial charge on any atom is -0.466 e. The van der Waals surface area contributed by atoms with E-state index in [1.54, 1.807) is 27.7 Å². The van der Waals surface area contributed by atoms with E-state index in [0.717, 1.165) is 30.4 Å². The number of nitrogens with one attached hydrogen (secondary N) is 2. The van der Waals surface area contributed by atoms with Crippen molar-refractivity contribution >= 4 is 36.5 Å². The number of unbranched alkanes of at least 4 members (excludes halogenated alkanes) is 3. The van der Waals surface area contributed by atoms with E-state index in [-0.39, 0.29) is 25.3 Å². The van der Waals surface area contributed by atoms with Crippen molar-refractivity contribution in [2.24, 2.45) is 0 Å². The van der Waals surface area contributed by atoms with Crippen LogP contribution in [0.25, 0.3) is 0 Å². The highest BCUT2D eigenvalue weighted by Gasteiger charge is 2.36. The molecule has 1 aromatic rings. The minimum absolute atomic E-state index is 0.0169.